The Hall–Kier alpha value is -2.19. The maximum Gasteiger partial charge on any atom is 0.270 e. The van der Waals surface area contributed by atoms with Gasteiger partial charge in [-0.15, -0.1) is 12.4 Å². The smallest absolute Gasteiger partial charge is 0.270 e. The van der Waals surface area contributed by atoms with Crippen LogP contribution in [0.4, 0.5) is 5.69 Å². The number of nitrogens with two attached hydrogens (primary N) is 1. The number of benzene rings is 1. The van der Waals surface area contributed by atoms with Crippen molar-refractivity contribution in [3.05, 3.63) is 39.9 Å². The molecular formula is C16H23ClN4O4. The number of nitrogens with zero attached hydrogens (tertiary/aromatic N) is 1. The average Bonchev–Trinajstić information content (AvgIpc) is 3.01. The van der Waals surface area contributed by atoms with Crippen molar-refractivity contribution in [3.63, 3.8) is 0 Å². The molecule has 3 unspecified atom stereocenters. The van der Waals surface area contributed by atoms with Crippen molar-refractivity contribution in [2.75, 3.05) is 6.54 Å². The highest BCUT2D eigenvalue weighted by Gasteiger charge is 2.29. The molecule has 2 rings (SSSR count). The first kappa shape index (κ1) is 20.9. The van der Waals surface area contributed by atoms with E-state index < -0.39 is 16.9 Å². The molecule has 0 aromatic heterocycles. The van der Waals surface area contributed by atoms with Gasteiger partial charge in [0.1, 0.15) is 6.04 Å². The summed E-state index contributed by atoms with van der Waals surface area (Å²) in [6, 6.07) is 4.69. The summed E-state index contributed by atoms with van der Waals surface area (Å²) < 4.78 is 0. The molecule has 1 aliphatic rings. The fourth-order valence-electron chi connectivity index (χ4n) is 2.92. The molecule has 0 bridgehead atoms. The van der Waals surface area contributed by atoms with Crippen LogP contribution in [0.2, 0.25) is 0 Å². The van der Waals surface area contributed by atoms with Crippen LogP contribution in [-0.2, 0) is 4.79 Å². The van der Waals surface area contributed by atoms with Gasteiger partial charge in [0, 0.05) is 23.7 Å². The minimum absolute atomic E-state index is 0. The molecule has 0 heterocycles. The van der Waals surface area contributed by atoms with E-state index in [0.717, 1.165) is 19.3 Å². The summed E-state index contributed by atoms with van der Waals surface area (Å²) in [7, 11) is 0. The molecule has 0 spiro atoms. The van der Waals surface area contributed by atoms with Gasteiger partial charge in [-0.05, 0) is 38.3 Å². The minimum atomic E-state index is -0.740. The zero-order valence-corrected chi connectivity index (χ0v) is 14.8. The first-order chi connectivity index (χ1) is 11.4. The highest BCUT2D eigenvalue weighted by Crippen LogP contribution is 2.24. The molecule has 0 aliphatic heterocycles. The molecule has 1 aromatic carbocycles. The monoisotopic (exact) mass is 370 g/mol. The number of carbonyl (C=O) groups is 2. The standard InChI is InChI=1S/C16H22N4O4.ClH/c1-10(15(21)19-14-7-3-5-12(14)9-17)18-16(22)11-4-2-6-13(8-11)20(23)24;/h2,4,6,8,10,12,14H,3,5,7,9,17H2,1H3,(H,18,22)(H,19,21);1H. The fourth-order valence-corrected chi connectivity index (χ4v) is 2.92. The van der Waals surface area contributed by atoms with Crippen molar-refractivity contribution < 1.29 is 14.5 Å². The summed E-state index contributed by atoms with van der Waals surface area (Å²) in [5.41, 5.74) is 5.67. The van der Waals surface area contributed by atoms with Gasteiger partial charge in [-0.2, -0.15) is 0 Å². The number of non-ortho nitro benzene ring substituents is 1. The van der Waals surface area contributed by atoms with E-state index in [9.17, 15) is 19.7 Å². The third kappa shape index (κ3) is 5.40. The summed E-state index contributed by atoms with van der Waals surface area (Å²) in [6.07, 6.45) is 2.91. The van der Waals surface area contributed by atoms with Gasteiger partial charge in [0.05, 0.1) is 4.92 Å². The molecule has 8 nitrogen and oxygen atoms in total. The third-order valence-electron chi connectivity index (χ3n) is 4.35. The second-order valence-corrected chi connectivity index (χ2v) is 6.04. The first-order valence-corrected chi connectivity index (χ1v) is 7.98. The summed E-state index contributed by atoms with van der Waals surface area (Å²) in [6.45, 7) is 2.11. The number of amides is 2. The first-order valence-electron chi connectivity index (χ1n) is 7.98. The Labute approximate surface area is 152 Å². The lowest BCUT2D eigenvalue weighted by Gasteiger charge is -2.22. The summed E-state index contributed by atoms with van der Waals surface area (Å²) >= 11 is 0. The zero-order chi connectivity index (χ0) is 17.7. The van der Waals surface area contributed by atoms with E-state index in [1.165, 1.54) is 24.3 Å². The van der Waals surface area contributed by atoms with Gasteiger partial charge in [0.15, 0.2) is 0 Å². The van der Waals surface area contributed by atoms with Crippen molar-refractivity contribution in [2.24, 2.45) is 11.7 Å². The van der Waals surface area contributed by atoms with Gasteiger partial charge >= 0.3 is 0 Å². The van der Waals surface area contributed by atoms with Crippen LogP contribution in [0, 0.1) is 16.0 Å². The van der Waals surface area contributed by atoms with Crippen molar-refractivity contribution in [3.8, 4) is 0 Å². The van der Waals surface area contributed by atoms with Crippen LogP contribution in [0.25, 0.3) is 0 Å². The predicted octanol–water partition coefficient (Wildman–Crippen LogP) is 1.38. The van der Waals surface area contributed by atoms with E-state index in [4.69, 9.17) is 5.73 Å². The number of hydrogen-bond acceptors (Lipinski definition) is 5. The van der Waals surface area contributed by atoms with E-state index >= 15 is 0 Å². The Morgan fingerprint density at radius 3 is 2.76 bits per heavy atom. The van der Waals surface area contributed by atoms with E-state index in [0.29, 0.717) is 6.54 Å². The van der Waals surface area contributed by atoms with Crippen LogP contribution >= 0.6 is 12.4 Å². The molecule has 0 radical (unpaired) electrons. The highest BCUT2D eigenvalue weighted by molar-refractivity contribution is 5.97. The fraction of sp³-hybridized carbons (Fsp3) is 0.500. The summed E-state index contributed by atoms with van der Waals surface area (Å²) in [5, 5.41) is 16.2. The van der Waals surface area contributed by atoms with E-state index in [2.05, 4.69) is 10.6 Å². The van der Waals surface area contributed by atoms with Crippen LogP contribution in [0.5, 0.6) is 0 Å². The maximum absolute atomic E-state index is 12.2. The molecule has 0 saturated heterocycles. The van der Waals surface area contributed by atoms with Crippen LogP contribution in [-0.4, -0.2) is 35.4 Å². The Kier molecular flexibility index (Phi) is 7.79. The Morgan fingerprint density at radius 2 is 2.12 bits per heavy atom. The van der Waals surface area contributed by atoms with Gasteiger partial charge in [0.2, 0.25) is 5.91 Å². The van der Waals surface area contributed by atoms with Gasteiger partial charge in [0.25, 0.3) is 11.6 Å². The van der Waals surface area contributed by atoms with Gasteiger partial charge in [-0.3, -0.25) is 19.7 Å². The number of rotatable bonds is 6. The molecule has 2 amide bonds. The van der Waals surface area contributed by atoms with Gasteiger partial charge < -0.3 is 16.4 Å². The van der Waals surface area contributed by atoms with E-state index in [-0.39, 0.29) is 41.5 Å². The summed E-state index contributed by atoms with van der Waals surface area (Å²) in [5.74, 6) is -0.532. The van der Waals surface area contributed by atoms with E-state index in [1.54, 1.807) is 6.92 Å². The van der Waals surface area contributed by atoms with Crippen LogP contribution in [0.1, 0.15) is 36.5 Å². The quantitative estimate of drug-likeness (QED) is 0.514. The van der Waals surface area contributed by atoms with Crippen LogP contribution in [0.15, 0.2) is 24.3 Å². The lowest BCUT2D eigenvalue weighted by Crippen LogP contribution is -2.49. The van der Waals surface area contributed by atoms with Crippen molar-refractivity contribution in [1.82, 2.24) is 10.6 Å². The number of halogens is 1. The zero-order valence-electron chi connectivity index (χ0n) is 13.9. The lowest BCUT2D eigenvalue weighted by molar-refractivity contribution is -0.384. The Bertz CT molecular complexity index is 640. The Morgan fingerprint density at radius 1 is 1.40 bits per heavy atom. The van der Waals surface area contributed by atoms with Crippen molar-refractivity contribution in [2.45, 2.75) is 38.3 Å². The van der Waals surface area contributed by atoms with Crippen LogP contribution in [0.3, 0.4) is 0 Å². The van der Waals surface area contributed by atoms with Gasteiger partial charge in [-0.1, -0.05) is 12.5 Å². The van der Waals surface area contributed by atoms with Crippen LogP contribution < -0.4 is 16.4 Å². The maximum atomic E-state index is 12.2. The average molecular weight is 371 g/mol. The topological polar surface area (TPSA) is 127 Å². The number of nitro groups is 1. The van der Waals surface area contributed by atoms with Crippen molar-refractivity contribution in [1.29, 1.82) is 0 Å². The molecule has 1 saturated carbocycles. The molecule has 1 aliphatic carbocycles. The van der Waals surface area contributed by atoms with Gasteiger partial charge in [-0.25, -0.2) is 0 Å². The number of hydrogen-bond donors (Lipinski definition) is 3. The molecule has 25 heavy (non-hydrogen) atoms. The normalized spacial score (nSPS) is 20.2. The number of nitrogens with one attached hydrogen (secondary N) is 2. The van der Waals surface area contributed by atoms with E-state index in [1.807, 2.05) is 0 Å². The molecule has 1 aromatic rings. The molecule has 1 fully saturated rings. The molecule has 4 N–H and O–H groups in total. The minimum Gasteiger partial charge on any atom is -0.351 e. The molecule has 9 heteroatoms. The highest BCUT2D eigenvalue weighted by atomic mass is 35.5. The molecular weight excluding hydrogens is 348 g/mol. The number of nitro benzene ring substituents is 1. The number of carbonyl (C=O) groups excluding carboxylic acids is 2. The lowest BCUT2D eigenvalue weighted by atomic mass is 10.0. The molecule has 138 valence electrons. The SMILES string of the molecule is CC(NC(=O)c1cccc([N+](=O)[O-])c1)C(=O)NC1CCCC1CN.Cl. The van der Waals surface area contributed by atoms with Crippen molar-refractivity contribution >= 4 is 29.9 Å². The second kappa shape index (κ2) is 9.33. The Balaban J connectivity index is 0.00000312. The third-order valence-corrected chi connectivity index (χ3v) is 4.35. The second-order valence-electron chi connectivity index (χ2n) is 6.04. The largest absolute Gasteiger partial charge is 0.351 e. The molecule has 3 atom stereocenters. The predicted molar refractivity (Wildman–Crippen MR) is 95.6 cm³/mol. The summed E-state index contributed by atoms with van der Waals surface area (Å²) in [4.78, 5) is 34.6.